The van der Waals surface area contributed by atoms with E-state index in [-0.39, 0.29) is 0 Å². The van der Waals surface area contributed by atoms with Gasteiger partial charge in [0.15, 0.2) is 0 Å². The Morgan fingerprint density at radius 3 is 2.63 bits per heavy atom. The van der Waals surface area contributed by atoms with E-state index in [2.05, 4.69) is 35.3 Å². The van der Waals surface area contributed by atoms with Crippen molar-refractivity contribution in [2.45, 2.75) is 6.61 Å². The zero-order valence-electron chi connectivity index (χ0n) is 10.6. The molecule has 0 atom stereocenters. The van der Waals surface area contributed by atoms with Crippen LogP contribution in [0.1, 0.15) is 5.56 Å². The fraction of sp³-hybridized carbons (Fsp3) is 0.125. The molecule has 0 aliphatic rings. The minimum atomic E-state index is 0.431. The summed E-state index contributed by atoms with van der Waals surface area (Å²) in [5, 5.41) is 1.25. The molecule has 0 saturated carbocycles. The summed E-state index contributed by atoms with van der Waals surface area (Å²) in [5.74, 6) is 1.63. The van der Waals surface area contributed by atoms with E-state index in [1.165, 1.54) is 9.65 Å². The normalized spacial score (nSPS) is 10.6. The second-order valence-corrected chi connectivity index (χ2v) is 6.22. The molecule has 3 rings (SSSR count). The van der Waals surface area contributed by atoms with E-state index in [4.69, 9.17) is 9.47 Å². The average molecular weight is 317 g/mol. The first kappa shape index (κ1) is 12.3. The molecule has 0 unspecified atom stereocenters. The molecule has 0 amide bonds. The van der Waals surface area contributed by atoms with Gasteiger partial charge in [0.1, 0.15) is 0 Å². The van der Waals surface area contributed by atoms with Gasteiger partial charge in [-0.3, -0.25) is 0 Å². The first-order valence-corrected chi connectivity index (χ1v) is 7.93. The van der Waals surface area contributed by atoms with E-state index in [0.29, 0.717) is 21.1 Å². The molecule has 0 spiro atoms. The number of hydrogen-bond donors (Lipinski definition) is 0. The summed E-state index contributed by atoms with van der Waals surface area (Å²) in [4.78, 5) is 2.22. The van der Waals surface area contributed by atoms with Crippen molar-refractivity contribution in [3.05, 3.63) is 59.0 Å². The van der Waals surface area contributed by atoms with Gasteiger partial charge in [0.2, 0.25) is 0 Å². The quantitative estimate of drug-likeness (QED) is 0.686. The zero-order chi connectivity index (χ0) is 13.1. The molecule has 1 aromatic heterocycles. The third kappa shape index (κ3) is 2.67. The molecule has 3 aromatic rings. The van der Waals surface area contributed by atoms with Crippen LogP contribution in [0.3, 0.4) is 0 Å². The molecule has 0 N–H and O–H groups in total. The summed E-state index contributed by atoms with van der Waals surface area (Å²) in [5.41, 5.74) is 1.16. The molecule has 19 heavy (non-hydrogen) atoms. The van der Waals surface area contributed by atoms with Crippen LogP contribution in [0.4, 0.5) is 0 Å². The van der Waals surface area contributed by atoms with Gasteiger partial charge in [-0.15, -0.1) is 0 Å². The number of rotatable bonds is 4. The van der Waals surface area contributed by atoms with Crippen LogP contribution in [0, 0.1) is 0 Å². The predicted octanol–water partition coefficient (Wildman–Crippen LogP) is 3.48. The summed E-state index contributed by atoms with van der Waals surface area (Å²) in [6.45, 7) is 0.560. The Bertz CT molecular complexity index is 674. The monoisotopic (exact) mass is 318 g/mol. The Morgan fingerprint density at radius 2 is 1.84 bits per heavy atom. The van der Waals surface area contributed by atoms with E-state index < -0.39 is 0 Å². The predicted molar refractivity (Wildman–Crippen MR) is 78.2 cm³/mol. The molecule has 2 aromatic carbocycles. The summed E-state index contributed by atoms with van der Waals surface area (Å²) < 4.78 is 12.7. The van der Waals surface area contributed by atoms with Crippen LogP contribution < -0.4 is 9.47 Å². The molecule has 0 aliphatic carbocycles. The van der Waals surface area contributed by atoms with Crippen LogP contribution in [0.2, 0.25) is 0 Å². The first-order chi connectivity index (χ1) is 9.36. The molecule has 0 saturated heterocycles. The van der Waals surface area contributed by atoms with Gasteiger partial charge in [-0.1, -0.05) is 0 Å². The van der Waals surface area contributed by atoms with Crippen molar-refractivity contribution in [2.24, 2.45) is 0 Å². The second-order valence-electron chi connectivity index (χ2n) is 4.24. The van der Waals surface area contributed by atoms with Crippen LogP contribution in [0.25, 0.3) is 9.65 Å². The molecule has 0 radical (unpaired) electrons. The molecule has 0 bridgehead atoms. The SMILES string of the molecule is COc1cc2[se]ccc2cc1OCc1ccccc1. The summed E-state index contributed by atoms with van der Waals surface area (Å²) in [6.07, 6.45) is 0. The van der Waals surface area contributed by atoms with Crippen LogP contribution in [-0.2, 0) is 6.61 Å². The van der Waals surface area contributed by atoms with Crippen molar-refractivity contribution in [1.82, 2.24) is 0 Å². The molecular formula is C16H14O2Se. The molecular weight excluding hydrogens is 303 g/mol. The van der Waals surface area contributed by atoms with E-state index in [9.17, 15) is 0 Å². The van der Waals surface area contributed by atoms with Crippen LogP contribution in [0.15, 0.2) is 53.5 Å². The third-order valence-electron chi connectivity index (χ3n) is 2.98. The van der Waals surface area contributed by atoms with Crippen LogP contribution in [0.5, 0.6) is 11.5 Å². The van der Waals surface area contributed by atoms with E-state index in [0.717, 1.165) is 17.1 Å². The first-order valence-electron chi connectivity index (χ1n) is 6.09. The van der Waals surface area contributed by atoms with Gasteiger partial charge in [0, 0.05) is 0 Å². The van der Waals surface area contributed by atoms with E-state index >= 15 is 0 Å². The second kappa shape index (κ2) is 5.52. The molecule has 0 aliphatic heterocycles. The molecule has 3 heteroatoms. The Kier molecular flexibility index (Phi) is 3.58. The Morgan fingerprint density at radius 1 is 1.00 bits per heavy atom. The fourth-order valence-corrected chi connectivity index (χ4v) is 3.65. The van der Waals surface area contributed by atoms with Gasteiger partial charge in [-0.2, -0.15) is 0 Å². The van der Waals surface area contributed by atoms with Crippen molar-refractivity contribution in [1.29, 1.82) is 0 Å². The van der Waals surface area contributed by atoms with Gasteiger partial charge >= 0.3 is 118 Å². The molecule has 0 fully saturated rings. The van der Waals surface area contributed by atoms with Crippen LogP contribution in [-0.4, -0.2) is 21.6 Å². The van der Waals surface area contributed by atoms with Crippen molar-refractivity contribution < 1.29 is 9.47 Å². The van der Waals surface area contributed by atoms with Crippen molar-refractivity contribution >= 4 is 24.1 Å². The summed E-state index contributed by atoms with van der Waals surface area (Å²) >= 11 is 0.431. The standard InChI is InChI=1S/C16H14O2Se/c1-17-14-10-16-13(7-8-19-16)9-15(14)18-11-12-5-3-2-4-6-12/h2-10H,11H2,1H3. The van der Waals surface area contributed by atoms with Crippen LogP contribution >= 0.6 is 0 Å². The van der Waals surface area contributed by atoms with Gasteiger partial charge in [-0.05, 0) is 0 Å². The maximum absolute atomic E-state index is 5.89. The van der Waals surface area contributed by atoms with E-state index in [1.807, 2.05) is 18.2 Å². The minimum absolute atomic E-state index is 0.431. The number of fused-ring (bicyclic) bond motifs is 1. The van der Waals surface area contributed by atoms with Gasteiger partial charge in [-0.25, -0.2) is 0 Å². The van der Waals surface area contributed by atoms with Crippen molar-refractivity contribution in [2.75, 3.05) is 7.11 Å². The van der Waals surface area contributed by atoms with Crippen molar-refractivity contribution in [3.63, 3.8) is 0 Å². The van der Waals surface area contributed by atoms with Crippen molar-refractivity contribution in [3.8, 4) is 11.5 Å². The summed E-state index contributed by atoms with van der Waals surface area (Å²) in [7, 11) is 1.69. The topological polar surface area (TPSA) is 18.5 Å². The average Bonchev–Trinajstić information content (AvgIpc) is 2.92. The molecule has 96 valence electrons. The number of ether oxygens (including phenoxy) is 2. The van der Waals surface area contributed by atoms with E-state index in [1.54, 1.807) is 7.11 Å². The number of hydrogen-bond acceptors (Lipinski definition) is 2. The third-order valence-corrected chi connectivity index (χ3v) is 4.82. The Balaban J connectivity index is 1.86. The van der Waals surface area contributed by atoms with Gasteiger partial charge < -0.3 is 0 Å². The zero-order valence-corrected chi connectivity index (χ0v) is 12.3. The van der Waals surface area contributed by atoms with Gasteiger partial charge in [0.05, 0.1) is 0 Å². The maximum atomic E-state index is 5.89. The summed E-state index contributed by atoms with van der Waals surface area (Å²) in [6, 6.07) is 16.5. The molecule has 1 heterocycles. The Hall–Kier alpha value is -1.70. The molecule has 2 nitrogen and oxygen atoms in total. The van der Waals surface area contributed by atoms with Gasteiger partial charge in [0.25, 0.3) is 0 Å². The Labute approximate surface area is 118 Å². The number of benzene rings is 2. The fourth-order valence-electron chi connectivity index (χ4n) is 1.98. The number of methoxy groups -OCH3 is 1.